The molecule has 3 heteroatoms. The zero-order chi connectivity index (χ0) is 14.4. The van der Waals surface area contributed by atoms with Crippen LogP contribution in [0.2, 0.25) is 0 Å². The molecule has 104 valence electrons. The summed E-state index contributed by atoms with van der Waals surface area (Å²) in [5.41, 5.74) is 7.92. The molecule has 2 N–H and O–H groups in total. The summed E-state index contributed by atoms with van der Waals surface area (Å²) >= 11 is 0. The number of nitrogens with zero attached hydrogens (tertiary/aromatic N) is 1. The molecule has 3 nitrogen and oxygen atoms in total. The van der Waals surface area contributed by atoms with Gasteiger partial charge in [0.15, 0.2) is 0 Å². The van der Waals surface area contributed by atoms with Crippen LogP contribution in [-0.4, -0.2) is 12.5 Å². The maximum absolute atomic E-state index is 12.7. The van der Waals surface area contributed by atoms with Gasteiger partial charge in [0, 0.05) is 17.9 Å². The fourth-order valence-corrected chi connectivity index (χ4v) is 2.11. The molecule has 2 aromatic rings. The first-order valence-corrected chi connectivity index (χ1v) is 6.95. The third-order valence-electron chi connectivity index (χ3n) is 3.24. The van der Waals surface area contributed by atoms with Gasteiger partial charge in [0.2, 0.25) is 0 Å². The van der Waals surface area contributed by atoms with E-state index in [1.807, 2.05) is 42.5 Å². The van der Waals surface area contributed by atoms with Gasteiger partial charge in [0.1, 0.15) is 0 Å². The first-order chi connectivity index (χ1) is 9.74. The largest absolute Gasteiger partial charge is 0.398 e. The summed E-state index contributed by atoms with van der Waals surface area (Å²) in [5, 5.41) is 0. The Morgan fingerprint density at radius 3 is 2.35 bits per heavy atom. The number of nitrogens with two attached hydrogens (primary N) is 1. The number of para-hydroxylation sites is 2. The van der Waals surface area contributed by atoms with Crippen molar-refractivity contribution in [3.8, 4) is 0 Å². The summed E-state index contributed by atoms with van der Waals surface area (Å²) in [7, 11) is 0. The lowest BCUT2D eigenvalue weighted by Gasteiger charge is -2.23. The van der Waals surface area contributed by atoms with Crippen LogP contribution in [0.1, 0.15) is 30.1 Å². The zero-order valence-corrected chi connectivity index (χ0v) is 11.8. The second-order valence-electron chi connectivity index (χ2n) is 4.73. The van der Waals surface area contributed by atoms with E-state index in [-0.39, 0.29) is 5.91 Å². The molecule has 0 fully saturated rings. The molecule has 0 saturated heterocycles. The lowest BCUT2D eigenvalue weighted by Crippen LogP contribution is -2.32. The number of anilines is 2. The summed E-state index contributed by atoms with van der Waals surface area (Å²) in [5.74, 6) is -0.0391. The minimum atomic E-state index is -0.0391. The molecule has 0 radical (unpaired) electrons. The number of hydrogen-bond donors (Lipinski definition) is 1. The number of carbonyl (C=O) groups is 1. The SMILES string of the molecule is CCCCN(C(=O)c1ccccc1N)c1ccccc1. The van der Waals surface area contributed by atoms with Crippen molar-refractivity contribution in [2.45, 2.75) is 19.8 Å². The molecule has 0 aliphatic heterocycles. The summed E-state index contributed by atoms with van der Waals surface area (Å²) in [6, 6.07) is 16.9. The minimum Gasteiger partial charge on any atom is -0.398 e. The number of hydrogen-bond acceptors (Lipinski definition) is 2. The minimum absolute atomic E-state index is 0.0391. The number of benzene rings is 2. The number of amides is 1. The van der Waals surface area contributed by atoms with Gasteiger partial charge in [-0.2, -0.15) is 0 Å². The summed E-state index contributed by atoms with van der Waals surface area (Å²) in [6.07, 6.45) is 2.01. The zero-order valence-electron chi connectivity index (χ0n) is 11.8. The van der Waals surface area contributed by atoms with Crippen LogP contribution in [0.4, 0.5) is 11.4 Å². The Morgan fingerprint density at radius 1 is 1.05 bits per heavy atom. The third-order valence-corrected chi connectivity index (χ3v) is 3.24. The van der Waals surface area contributed by atoms with Crippen LogP contribution in [-0.2, 0) is 0 Å². The van der Waals surface area contributed by atoms with Gasteiger partial charge < -0.3 is 10.6 Å². The van der Waals surface area contributed by atoms with E-state index in [4.69, 9.17) is 5.73 Å². The highest BCUT2D eigenvalue weighted by Gasteiger charge is 2.18. The summed E-state index contributed by atoms with van der Waals surface area (Å²) in [6.45, 7) is 2.82. The molecule has 0 aliphatic carbocycles. The van der Waals surface area contributed by atoms with Crippen LogP contribution in [0, 0.1) is 0 Å². The molecule has 2 rings (SSSR count). The first kappa shape index (κ1) is 14.1. The Bertz CT molecular complexity index is 566. The number of carbonyl (C=O) groups excluding carboxylic acids is 1. The molecule has 0 spiro atoms. The quantitative estimate of drug-likeness (QED) is 0.840. The second-order valence-corrected chi connectivity index (χ2v) is 4.73. The smallest absolute Gasteiger partial charge is 0.260 e. The fourth-order valence-electron chi connectivity index (χ4n) is 2.11. The van der Waals surface area contributed by atoms with E-state index in [0.29, 0.717) is 17.8 Å². The van der Waals surface area contributed by atoms with Crippen LogP contribution in [0.25, 0.3) is 0 Å². The maximum Gasteiger partial charge on any atom is 0.260 e. The molecule has 0 atom stereocenters. The number of rotatable bonds is 5. The highest BCUT2D eigenvalue weighted by atomic mass is 16.2. The van der Waals surface area contributed by atoms with Crippen LogP contribution in [0.5, 0.6) is 0 Å². The molecule has 2 aromatic carbocycles. The Labute approximate surface area is 120 Å². The van der Waals surface area contributed by atoms with Crippen molar-refractivity contribution in [3.63, 3.8) is 0 Å². The van der Waals surface area contributed by atoms with Gasteiger partial charge in [-0.1, -0.05) is 43.7 Å². The van der Waals surface area contributed by atoms with E-state index in [0.717, 1.165) is 18.5 Å². The maximum atomic E-state index is 12.7. The molecule has 0 aromatic heterocycles. The monoisotopic (exact) mass is 268 g/mol. The highest BCUT2D eigenvalue weighted by molar-refractivity contribution is 6.09. The van der Waals surface area contributed by atoms with Crippen molar-refractivity contribution in [1.82, 2.24) is 0 Å². The summed E-state index contributed by atoms with van der Waals surface area (Å²) < 4.78 is 0. The number of unbranched alkanes of at least 4 members (excludes halogenated alkanes) is 1. The standard InChI is InChI=1S/C17H20N2O/c1-2-3-13-19(14-9-5-4-6-10-14)17(20)15-11-7-8-12-16(15)18/h4-12H,2-3,13,18H2,1H3. The van der Waals surface area contributed by atoms with Gasteiger partial charge in [0.05, 0.1) is 5.56 Å². The second kappa shape index (κ2) is 6.75. The third kappa shape index (κ3) is 3.18. The van der Waals surface area contributed by atoms with Crippen LogP contribution in [0.3, 0.4) is 0 Å². The lowest BCUT2D eigenvalue weighted by molar-refractivity contribution is 0.0987. The Kier molecular flexibility index (Phi) is 4.77. The Balaban J connectivity index is 2.32. The molecular formula is C17H20N2O. The molecule has 0 heterocycles. The van der Waals surface area contributed by atoms with Crippen molar-refractivity contribution < 1.29 is 4.79 Å². The topological polar surface area (TPSA) is 46.3 Å². The fraction of sp³-hybridized carbons (Fsp3) is 0.235. The Morgan fingerprint density at radius 2 is 1.70 bits per heavy atom. The Hall–Kier alpha value is -2.29. The van der Waals surface area contributed by atoms with Crippen LogP contribution < -0.4 is 10.6 Å². The highest BCUT2D eigenvalue weighted by Crippen LogP contribution is 2.20. The van der Waals surface area contributed by atoms with E-state index in [1.165, 1.54) is 0 Å². The first-order valence-electron chi connectivity index (χ1n) is 6.95. The van der Waals surface area contributed by atoms with Gasteiger partial charge in [-0.15, -0.1) is 0 Å². The van der Waals surface area contributed by atoms with Crippen molar-refractivity contribution in [2.75, 3.05) is 17.2 Å². The molecule has 1 amide bonds. The van der Waals surface area contributed by atoms with Gasteiger partial charge in [-0.05, 0) is 30.7 Å². The van der Waals surface area contributed by atoms with Crippen molar-refractivity contribution in [1.29, 1.82) is 0 Å². The van der Waals surface area contributed by atoms with E-state index in [2.05, 4.69) is 6.92 Å². The van der Waals surface area contributed by atoms with Crippen molar-refractivity contribution in [2.24, 2.45) is 0 Å². The van der Waals surface area contributed by atoms with Gasteiger partial charge >= 0.3 is 0 Å². The van der Waals surface area contributed by atoms with Crippen molar-refractivity contribution >= 4 is 17.3 Å². The van der Waals surface area contributed by atoms with Crippen LogP contribution in [0.15, 0.2) is 54.6 Å². The van der Waals surface area contributed by atoms with Gasteiger partial charge in [0.25, 0.3) is 5.91 Å². The number of nitrogen functional groups attached to an aromatic ring is 1. The van der Waals surface area contributed by atoms with Crippen LogP contribution >= 0.6 is 0 Å². The molecule has 20 heavy (non-hydrogen) atoms. The lowest BCUT2D eigenvalue weighted by atomic mass is 10.1. The molecule has 0 saturated carbocycles. The molecular weight excluding hydrogens is 248 g/mol. The average Bonchev–Trinajstić information content (AvgIpc) is 2.49. The van der Waals surface area contributed by atoms with Gasteiger partial charge in [-0.3, -0.25) is 4.79 Å². The predicted molar refractivity (Wildman–Crippen MR) is 83.9 cm³/mol. The van der Waals surface area contributed by atoms with Crippen molar-refractivity contribution in [3.05, 3.63) is 60.2 Å². The average molecular weight is 268 g/mol. The predicted octanol–water partition coefficient (Wildman–Crippen LogP) is 3.72. The van der Waals surface area contributed by atoms with E-state index in [9.17, 15) is 4.79 Å². The van der Waals surface area contributed by atoms with E-state index < -0.39 is 0 Å². The van der Waals surface area contributed by atoms with E-state index in [1.54, 1.807) is 17.0 Å². The summed E-state index contributed by atoms with van der Waals surface area (Å²) in [4.78, 5) is 14.5. The van der Waals surface area contributed by atoms with E-state index >= 15 is 0 Å². The van der Waals surface area contributed by atoms with Gasteiger partial charge in [-0.25, -0.2) is 0 Å². The molecule has 0 unspecified atom stereocenters. The molecule has 0 bridgehead atoms. The molecule has 0 aliphatic rings. The normalized spacial score (nSPS) is 10.2.